The van der Waals surface area contributed by atoms with Crippen LogP contribution < -0.4 is 0 Å². The zero-order valence-electron chi connectivity index (χ0n) is 13.1. The highest BCUT2D eigenvalue weighted by Gasteiger charge is 2.26. The molecule has 0 unspecified atom stereocenters. The molecule has 0 spiro atoms. The van der Waals surface area contributed by atoms with Crippen molar-refractivity contribution in [3.05, 3.63) is 17.0 Å². The summed E-state index contributed by atoms with van der Waals surface area (Å²) < 4.78 is 0. The third-order valence-electron chi connectivity index (χ3n) is 3.55. The summed E-state index contributed by atoms with van der Waals surface area (Å²) in [6, 6.07) is 0.309. The van der Waals surface area contributed by atoms with E-state index in [9.17, 15) is 4.79 Å². The summed E-state index contributed by atoms with van der Waals surface area (Å²) in [5.41, 5.74) is 2.40. The lowest BCUT2D eigenvalue weighted by atomic mass is 10.0. The minimum absolute atomic E-state index is 0.117. The Bertz CT molecular complexity index is 400. The van der Waals surface area contributed by atoms with Gasteiger partial charge < -0.3 is 4.90 Å². The fraction of sp³-hybridized carbons (Fsp3) is 0.733. The molecule has 1 aromatic rings. The summed E-state index contributed by atoms with van der Waals surface area (Å²) in [4.78, 5) is 14.8. The first-order valence-corrected chi connectivity index (χ1v) is 7.24. The Morgan fingerprint density at radius 2 is 1.84 bits per heavy atom. The van der Waals surface area contributed by atoms with Gasteiger partial charge in [-0.1, -0.05) is 27.7 Å². The van der Waals surface area contributed by atoms with E-state index in [1.165, 1.54) is 0 Å². The quantitative estimate of drug-likeness (QED) is 0.857. The summed E-state index contributed by atoms with van der Waals surface area (Å²) in [7, 11) is 0. The Morgan fingerprint density at radius 3 is 2.21 bits per heavy atom. The molecule has 1 rings (SSSR count). The van der Waals surface area contributed by atoms with Crippen molar-refractivity contribution >= 4 is 5.91 Å². The van der Waals surface area contributed by atoms with Crippen LogP contribution in [0.3, 0.4) is 0 Å². The van der Waals surface area contributed by atoms with Crippen molar-refractivity contribution in [3.63, 3.8) is 0 Å². The smallest absolute Gasteiger partial charge is 0.257 e. The van der Waals surface area contributed by atoms with Crippen LogP contribution in [0.2, 0.25) is 0 Å². The van der Waals surface area contributed by atoms with Crippen LogP contribution in [0.4, 0.5) is 0 Å². The maximum Gasteiger partial charge on any atom is 0.257 e. The van der Waals surface area contributed by atoms with Gasteiger partial charge in [0.1, 0.15) is 0 Å². The molecular formula is C15H27N3O. The van der Waals surface area contributed by atoms with Crippen LogP contribution in [-0.4, -0.2) is 33.6 Å². The average molecular weight is 265 g/mol. The lowest BCUT2D eigenvalue weighted by molar-refractivity contribution is 0.0639. The predicted octanol–water partition coefficient (Wildman–Crippen LogP) is 3.31. The Hall–Kier alpha value is -1.32. The second-order valence-corrected chi connectivity index (χ2v) is 5.63. The van der Waals surface area contributed by atoms with E-state index < -0.39 is 0 Å². The molecule has 1 aromatic heterocycles. The third kappa shape index (κ3) is 3.58. The number of nitrogens with zero attached hydrogens (tertiary/aromatic N) is 2. The molecule has 0 aliphatic rings. The van der Waals surface area contributed by atoms with Gasteiger partial charge in [0.2, 0.25) is 0 Å². The molecule has 0 radical (unpaired) electrons. The van der Waals surface area contributed by atoms with Crippen molar-refractivity contribution < 1.29 is 4.79 Å². The van der Waals surface area contributed by atoms with Gasteiger partial charge in [-0.15, -0.1) is 0 Å². The summed E-state index contributed by atoms with van der Waals surface area (Å²) >= 11 is 0. The number of aromatic amines is 1. The molecule has 0 aliphatic carbocycles. The van der Waals surface area contributed by atoms with Crippen molar-refractivity contribution in [1.29, 1.82) is 0 Å². The van der Waals surface area contributed by atoms with Crippen LogP contribution in [-0.2, 0) is 0 Å². The van der Waals surface area contributed by atoms with Gasteiger partial charge >= 0.3 is 0 Å². The molecular weight excluding hydrogens is 238 g/mol. The molecule has 0 fully saturated rings. The van der Waals surface area contributed by atoms with Crippen molar-refractivity contribution in [2.45, 2.75) is 60.4 Å². The van der Waals surface area contributed by atoms with Crippen LogP contribution in [0, 0.1) is 19.8 Å². The SMILES string of the molecule is CCC(CC)N(CC(C)C)C(=O)c1c(C)n[nH]c1C. The first-order chi connectivity index (χ1) is 8.92. The van der Waals surface area contributed by atoms with Crippen molar-refractivity contribution in [1.82, 2.24) is 15.1 Å². The molecule has 0 aliphatic heterocycles. The number of H-pyrrole nitrogens is 1. The summed E-state index contributed by atoms with van der Waals surface area (Å²) in [6.07, 6.45) is 1.98. The summed E-state index contributed by atoms with van der Waals surface area (Å²) in [5, 5.41) is 7.04. The molecule has 1 N–H and O–H groups in total. The second kappa shape index (κ2) is 6.73. The first kappa shape index (κ1) is 15.7. The number of carbonyl (C=O) groups is 1. The van der Waals surface area contributed by atoms with Gasteiger partial charge in [0.25, 0.3) is 5.91 Å². The van der Waals surface area contributed by atoms with Crippen LogP contribution in [0.5, 0.6) is 0 Å². The molecule has 4 heteroatoms. The number of nitrogens with one attached hydrogen (secondary N) is 1. The molecule has 0 aromatic carbocycles. The molecule has 108 valence electrons. The fourth-order valence-corrected chi connectivity index (χ4v) is 2.53. The van der Waals surface area contributed by atoms with Gasteiger partial charge in [0, 0.05) is 18.3 Å². The lowest BCUT2D eigenvalue weighted by Gasteiger charge is -2.32. The zero-order valence-corrected chi connectivity index (χ0v) is 13.1. The van der Waals surface area contributed by atoms with Crippen LogP contribution in [0.15, 0.2) is 0 Å². The molecule has 0 atom stereocenters. The zero-order chi connectivity index (χ0) is 14.6. The van der Waals surface area contributed by atoms with Crippen molar-refractivity contribution in [2.75, 3.05) is 6.54 Å². The molecule has 19 heavy (non-hydrogen) atoms. The fourth-order valence-electron chi connectivity index (χ4n) is 2.53. The van der Waals surface area contributed by atoms with Gasteiger partial charge in [-0.25, -0.2) is 0 Å². The van der Waals surface area contributed by atoms with Gasteiger partial charge in [0.05, 0.1) is 11.3 Å². The molecule has 0 bridgehead atoms. The van der Waals surface area contributed by atoms with Crippen LogP contribution in [0.1, 0.15) is 62.3 Å². The van der Waals surface area contributed by atoms with E-state index in [4.69, 9.17) is 0 Å². The molecule has 1 amide bonds. The maximum absolute atomic E-state index is 12.8. The van der Waals surface area contributed by atoms with E-state index >= 15 is 0 Å². The monoisotopic (exact) mass is 265 g/mol. The number of rotatable bonds is 6. The Morgan fingerprint density at radius 1 is 1.26 bits per heavy atom. The first-order valence-electron chi connectivity index (χ1n) is 7.24. The molecule has 1 heterocycles. The lowest BCUT2D eigenvalue weighted by Crippen LogP contribution is -2.42. The Labute approximate surface area is 116 Å². The third-order valence-corrected chi connectivity index (χ3v) is 3.55. The largest absolute Gasteiger partial charge is 0.335 e. The average Bonchev–Trinajstić information content (AvgIpc) is 2.68. The Kier molecular flexibility index (Phi) is 5.58. The van der Waals surface area contributed by atoms with Crippen LogP contribution >= 0.6 is 0 Å². The van der Waals surface area contributed by atoms with E-state index in [-0.39, 0.29) is 5.91 Å². The molecule has 0 saturated heterocycles. The van der Waals surface area contributed by atoms with Crippen molar-refractivity contribution in [3.8, 4) is 0 Å². The standard InChI is InChI=1S/C15H27N3O/c1-7-13(8-2)18(9-10(3)4)15(19)14-11(5)16-17-12(14)6/h10,13H,7-9H2,1-6H3,(H,16,17). The highest BCUT2D eigenvalue weighted by molar-refractivity contribution is 5.96. The van der Waals surface area contributed by atoms with Gasteiger partial charge in [0.15, 0.2) is 0 Å². The Balaban J connectivity index is 3.07. The van der Waals surface area contributed by atoms with Gasteiger partial charge in [-0.2, -0.15) is 5.10 Å². The number of amides is 1. The van der Waals surface area contributed by atoms with Crippen molar-refractivity contribution in [2.24, 2.45) is 5.92 Å². The van der Waals surface area contributed by atoms with E-state index in [0.29, 0.717) is 12.0 Å². The van der Waals surface area contributed by atoms with E-state index in [1.54, 1.807) is 0 Å². The van der Waals surface area contributed by atoms with Gasteiger partial charge in [-0.3, -0.25) is 9.89 Å². The number of carbonyl (C=O) groups excluding carboxylic acids is 1. The van der Waals surface area contributed by atoms with E-state index in [2.05, 4.69) is 37.9 Å². The molecule has 4 nitrogen and oxygen atoms in total. The summed E-state index contributed by atoms with van der Waals surface area (Å²) in [5.74, 6) is 0.586. The van der Waals surface area contributed by atoms with E-state index in [1.807, 2.05) is 18.7 Å². The number of aryl methyl sites for hydroxylation is 2. The van der Waals surface area contributed by atoms with Crippen LogP contribution in [0.25, 0.3) is 0 Å². The van der Waals surface area contributed by atoms with E-state index in [0.717, 1.165) is 36.3 Å². The second-order valence-electron chi connectivity index (χ2n) is 5.63. The highest BCUT2D eigenvalue weighted by Crippen LogP contribution is 2.19. The number of hydrogen-bond acceptors (Lipinski definition) is 2. The number of aromatic nitrogens is 2. The number of hydrogen-bond donors (Lipinski definition) is 1. The minimum atomic E-state index is 0.117. The maximum atomic E-state index is 12.8. The highest BCUT2D eigenvalue weighted by atomic mass is 16.2. The molecule has 0 saturated carbocycles. The van der Waals surface area contributed by atoms with Gasteiger partial charge in [-0.05, 0) is 32.6 Å². The summed E-state index contributed by atoms with van der Waals surface area (Å²) in [6.45, 7) is 13.2. The normalized spacial score (nSPS) is 11.4. The predicted molar refractivity (Wildman–Crippen MR) is 78.3 cm³/mol. The minimum Gasteiger partial charge on any atom is -0.335 e. The topological polar surface area (TPSA) is 49.0 Å².